The lowest BCUT2D eigenvalue weighted by atomic mass is 10.2. The Balaban J connectivity index is 1.70. The van der Waals surface area contributed by atoms with Gasteiger partial charge in [-0.1, -0.05) is 29.3 Å². The molecule has 0 radical (unpaired) electrons. The second kappa shape index (κ2) is 7.25. The van der Waals surface area contributed by atoms with Gasteiger partial charge < -0.3 is 0 Å². The normalized spacial score (nSPS) is 12.2. The van der Waals surface area contributed by atoms with Gasteiger partial charge in [0, 0.05) is 27.5 Å². The van der Waals surface area contributed by atoms with Gasteiger partial charge in [-0.3, -0.25) is 14.8 Å². The maximum Gasteiger partial charge on any atom is 0.251 e. The van der Waals surface area contributed by atoms with E-state index in [2.05, 4.69) is 20.5 Å². The average molecular weight is 379 g/mol. The predicted octanol–water partition coefficient (Wildman–Crippen LogP) is 3.34. The third kappa shape index (κ3) is 3.83. The number of nitrogens with zero attached hydrogens (tertiary/aromatic N) is 5. The fraction of sp³-hybridized carbons (Fsp3) is 0.250. The Hall–Kier alpha value is -2.38. The number of carbonyl (C=O) groups is 1. The number of aromatic nitrogens is 5. The number of carbonyl (C=O) groups excluding carboxylic acids is 1. The molecule has 0 saturated carbocycles. The van der Waals surface area contributed by atoms with E-state index in [9.17, 15) is 4.79 Å². The summed E-state index contributed by atoms with van der Waals surface area (Å²) in [5.41, 5.74) is 1.64. The van der Waals surface area contributed by atoms with Gasteiger partial charge in [0.05, 0.1) is 6.54 Å². The van der Waals surface area contributed by atoms with Crippen LogP contribution in [0.4, 0.5) is 5.95 Å². The SMILES string of the molecule is Cc1ccnn1C(C)C(=O)Nc1ncn(Cc2c(Cl)cccc2Cl)n1. The van der Waals surface area contributed by atoms with Crippen LogP contribution in [-0.2, 0) is 11.3 Å². The molecule has 1 amide bonds. The van der Waals surface area contributed by atoms with Gasteiger partial charge >= 0.3 is 0 Å². The molecule has 1 unspecified atom stereocenters. The monoisotopic (exact) mass is 378 g/mol. The smallest absolute Gasteiger partial charge is 0.251 e. The zero-order valence-corrected chi connectivity index (χ0v) is 15.2. The van der Waals surface area contributed by atoms with Crippen molar-refractivity contribution >= 4 is 35.1 Å². The first-order chi connectivity index (χ1) is 12.0. The van der Waals surface area contributed by atoms with E-state index < -0.39 is 6.04 Å². The highest BCUT2D eigenvalue weighted by molar-refractivity contribution is 6.35. The molecule has 3 rings (SSSR count). The lowest BCUT2D eigenvalue weighted by molar-refractivity contribution is -0.119. The van der Waals surface area contributed by atoms with Gasteiger partial charge in [0.1, 0.15) is 12.4 Å². The summed E-state index contributed by atoms with van der Waals surface area (Å²) in [5.74, 6) is -0.0369. The molecule has 0 spiro atoms. The summed E-state index contributed by atoms with van der Waals surface area (Å²) < 4.78 is 3.20. The summed E-state index contributed by atoms with van der Waals surface area (Å²) in [4.78, 5) is 16.4. The van der Waals surface area contributed by atoms with Crippen LogP contribution in [0.25, 0.3) is 0 Å². The molecule has 130 valence electrons. The number of halogens is 2. The highest BCUT2D eigenvalue weighted by atomic mass is 35.5. The Morgan fingerprint density at radius 3 is 2.64 bits per heavy atom. The number of anilines is 1. The summed E-state index contributed by atoms with van der Waals surface area (Å²) in [6, 6.07) is 6.66. The summed E-state index contributed by atoms with van der Waals surface area (Å²) in [6.45, 7) is 4.00. The molecule has 0 bridgehead atoms. The summed E-state index contributed by atoms with van der Waals surface area (Å²) >= 11 is 12.3. The lowest BCUT2D eigenvalue weighted by Crippen LogP contribution is -2.25. The van der Waals surface area contributed by atoms with Crippen LogP contribution in [0.15, 0.2) is 36.8 Å². The Labute approximate surface area is 154 Å². The summed E-state index contributed by atoms with van der Waals surface area (Å²) in [5, 5.41) is 12.2. The van der Waals surface area contributed by atoms with E-state index in [0.29, 0.717) is 16.6 Å². The van der Waals surface area contributed by atoms with E-state index in [4.69, 9.17) is 23.2 Å². The number of amides is 1. The molecule has 0 saturated heterocycles. The van der Waals surface area contributed by atoms with Crippen LogP contribution in [0.2, 0.25) is 10.0 Å². The van der Waals surface area contributed by atoms with Crippen LogP contribution in [-0.4, -0.2) is 30.5 Å². The van der Waals surface area contributed by atoms with E-state index in [0.717, 1.165) is 11.3 Å². The first kappa shape index (κ1) is 17.4. The number of hydrogen-bond donors (Lipinski definition) is 1. The van der Waals surface area contributed by atoms with Gasteiger partial charge in [-0.2, -0.15) is 5.10 Å². The first-order valence-electron chi connectivity index (χ1n) is 7.59. The zero-order chi connectivity index (χ0) is 18.0. The second-order valence-electron chi connectivity index (χ2n) is 5.55. The summed E-state index contributed by atoms with van der Waals surface area (Å²) in [6.07, 6.45) is 3.17. The molecule has 9 heteroatoms. The van der Waals surface area contributed by atoms with Crippen molar-refractivity contribution < 1.29 is 4.79 Å². The molecule has 1 aromatic carbocycles. The molecule has 1 atom stereocenters. The molecule has 0 aliphatic carbocycles. The second-order valence-corrected chi connectivity index (χ2v) is 6.36. The highest BCUT2D eigenvalue weighted by Gasteiger charge is 2.18. The van der Waals surface area contributed by atoms with Crippen molar-refractivity contribution in [3.8, 4) is 0 Å². The fourth-order valence-corrected chi connectivity index (χ4v) is 2.90. The molecule has 3 aromatic rings. The standard InChI is InChI=1S/C16H16Cl2N6O/c1-10-6-7-20-24(10)11(2)15(25)21-16-19-9-23(22-16)8-12-13(17)4-3-5-14(12)18/h3-7,9,11H,8H2,1-2H3,(H,21,22,25). The Bertz CT molecular complexity index is 883. The van der Waals surface area contributed by atoms with Crippen molar-refractivity contribution in [3.05, 3.63) is 58.1 Å². The maximum absolute atomic E-state index is 12.3. The zero-order valence-electron chi connectivity index (χ0n) is 13.6. The molecule has 0 fully saturated rings. The molecule has 0 aliphatic heterocycles. The van der Waals surface area contributed by atoms with Crippen molar-refractivity contribution in [2.45, 2.75) is 26.4 Å². The number of aryl methyl sites for hydroxylation is 1. The van der Waals surface area contributed by atoms with Crippen LogP contribution in [0.3, 0.4) is 0 Å². The first-order valence-corrected chi connectivity index (χ1v) is 8.34. The van der Waals surface area contributed by atoms with Crippen LogP contribution >= 0.6 is 23.2 Å². The van der Waals surface area contributed by atoms with Crippen molar-refractivity contribution in [3.63, 3.8) is 0 Å². The average Bonchev–Trinajstić information content (AvgIpc) is 3.19. The van der Waals surface area contributed by atoms with Gasteiger partial charge in [-0.25, -0.2) is 9.67 Å². The van der Waals surface area contributed by atoms with Crippen molar-refractivity contribution in [2.75, 3.05) is 5.32 Å². The molecule has 2 heterocycles. The molecule has 0 aliphatic rings. The van der Waals surface area contributed by atoms with Gasteiger partial charge in [0.25, 0.3) is 5.91 Å². The van der Waals surface area contributed by atoms with Gasteiger partial charge in [-0.15, -0.1) is 5.10 Å². The number of benzene rings is 1. The predicted molar refractivity (Wildman–Crippen MR) is 95.9 cm³/mol. The third-order valence-electron chi connectivity index (χ3n) is 3.77. The minimum Gasteiger partial charge on any atom is -0.291 e. The van der Waals surface area contributed by atoms with E-state index in [1.165, 1.54) is 6.33 Å². The molecular weight excluding hydrogens is 363 g/mol. The molecular formula is C16H16Cl2N6O. The molecule has 25 heavy (non-hydrogen) atoms. The van der Waals surface area contributed by atoms with E-state index in [-0.39, 0.29) is 11.9 Å². The maximum atomic E-state index is 12.3. The highest BCUT2D eigenvalue weighted by Crippen LogP contribution is 2.25. The van der Waals surface area contributed by atoms with Crippen molar-refractivity contribution in [1.29, 1.82) is 0 Å². The fourth-order valence-electron chi connectivity index (χ4n) is 2.39. The van der Waals surface area contributed by atoms with E-state index >= 15 is 0 Å². The van der Waals surface area contributed by atoms with E-state index in [1.807, 2.05) is 13.0 Å². The molecule has 1 N–H and O–H groups in total. The van der Waals surface area contributed by atoms with Crippen LogP contribution in [0.1, 0.15) is 24.2 Å². The van der Waals surface area contributed by atoms with Crippen LogP contribution < -0.4 is 5.32 Å². The Morgan fingerprint density at radius 1 is 1.28 bits per heavy atom. The minimum absolute atomic E-state index is 0.213. The van der Waals surface area contributed by atoms with Gasteiger partial charge in [0.2, 0.25) is 5.95 Å². The molecule has 7 nitrogen and oxygen atoms in total. The topological polar surface area (TPSA) is 77.6 Å². The van der Waals surface area contributed by atoms with Crippen LogP contribution in [0, 0.1) is 6.92 Å². The van der Waals surface area contributed by atoms with Crippen molar-refractivity contribution in [1.82, 2.24) is 24.5 Å². The third-order valence-corrected chi connectivity index (χ3v) is 4.48. The molecule has 2 aromatic heterocycles. The largest absolute Gasteiger partial charge is 0.291 e. The summed E-state index contributed by atoms with van der Waals surface area (Å²) in [7, 11) is 0. The number of nitrogens with one attached hydrogen (secondary N) is 1. The Morgan fingerprint density at radius 2 is 2.00 bits per heavy atom. The van der Waals surface area contributed by atoms with Crippen molar-refractivity contribution in [2.24, 2.45) is 0 Å². The number of hydrogen-bond acceptors (Lipinski definition) is 4. The Kier molecular flexibility index (Phi) is 5.06. The number of rotatable bonds is 5. The van der Waals surface area contributed by atoms with Gasteiger partial charge in [-0.05, 0) is 32.0 Å². The minimum atomic E-state index is -0.472. The van der Waals surface area contributed by atoms with Crippen LogP contribution in [0.5, 0.6) is 0 Å². The van der Waals surface area contributed by atoms with E-state index in [1.54, 1.807) is 40.7 Å². The van der Waals surface area contributed by atoms with Gasteiger partial charge in [0.15, 0.2) is 0 Å². The lowest BCUT2D eigenvalue weighted by Gasteiger charge is -2.12. The quantitative estimate of drug-likeness (QED) is 0.738.